The number of aliphatic carboxylic acids is 1. The largest absolute Gasteiger partial charge is 0.481 e. The lowest BCUT2D eigenvalue weighted by atomic mass is 9.89. The number of carboxylic acids is 1. The second kappa shape index (κ2) is 10.6. The van der Waals surface area contributed by atoms with E-state index in [9.17, 15) is 14.4 Å². The van der Waals surface area contributed by atoms with Crippen LogP contribution in [-0.4, -0.2) is 51.5 Å². The average Bonchev–Trinajstić information content (AvgIpc) is 3.18. The first-order valence-corrected chi connectivity index (χ1v) is 11.4. The molecule has 3 N–H and O–H groups in total. The van der Waals surface area contributed by atoms with Crippen LogP contribution in [0.2, 0.25) is 0 Å². The molecule has 1 aromatic rings. The van der Waals surface area contributed by atoms with E-state index in [4.69, 9.17) is 5.11 Å². The van der Waals surface area contributed by atoms with Gasteiger partial charge in [0.25, 0.3) is 5.91 Å². The molecule has 0 spiro atoms. The lowest BCUT2D eigenvalue weighted by Gasteiger charge is -2.41. The number of hydrogen-bond acceptors (Lipinski definition) is 5. The van der Waals surface area contributed by atoms with Crippen LogP contribution in [0.4, 0.5) is 9.93 Å². The summed E-state index contributed by atoms with van der Waals surface area (Å²) >= 11 is 1.11. The molecule has 2 aliphatic rings. The highest BCUT2D eigenvalue weighted by molar-refractivity contribution is 7.17. The number of nitrogens with zero attached hydrogens (tertiary/aromatic N) is 2. The molecule has 3 rings (SSSR count). The molecule has 0 radical (unpaired) electrons. The van der Waals surface area contributed by atoms with Crippen molar-refractivity contribution in [3.05, 3.63) is 11.1 Å². The number of anilines is 1. The number of rotatable bonds is 7. The zero-order valence-corrected chi connectivity index (χ0v) is 17.5. The Morgan fingerprint density at radius 3 is 2.17 bits per heavy atom. The highest BCUT2D eigenvalue weighted by Crippen LogP contribution is 2.31. The minimum absolute atomic E-state index is 0.0604. The van der Waals surface area contributed by atoms with Crippen molar-refractivity contribution in [3.63, 3.8) is 0 Å². The Morgan fingerprint density at radius 2 is 1.62 bits per heavy atom. The van der Waals surface area contributed by atoms with Crippen molar-refractivity contribution in [3.8, 4) is 0 Å². The Balaban J connectivity index is 1.62. The number of nitrogens with one attached hydrogen (secondary N) is 2. The number of carbonyl (C=O) groups is 3. The first-order chi connectivity index (χ1) is 14.0. The Labute approximate surface area is 175 Å². The fourth-order valence-corrected chi connectivity index (χ4v) is 5.03. The van der Waals surface area contributed by atoms with Crippen LogP contribution in [0.25, 0.3) is 0 Å². The topological polar surface area (TPSA) is 112 Å². The summed E-state index contributed by atoms with van der Waals surface area (Å²) in [5, 5.41) is 14.5. The van der Waals surface area contributed by atoms with E-state index in [1.165, 1.54) is 44.7 Å². The zero-order chi connectivity index (χ0) is 20.6. The standard InChI is InChI=1S/C20H30N4O4S/c25-17(26)11-12-21-18(27)16-13-22-19(29-16)23-20(28)24(14-7-3-1-4-8-14)15-9-5-2-6-10-15/h13-15H,1-12H2,(H,21,27)(H,25,26)(H,22,23,28). The highest BCUT2D eigenvalue weighted by atomic mass is 32.1. The van der Waals surface area contributed by atoms with Crippen LogP contribution in [0.15, 0.2) is 6.20 Å². The van der Waals surface area contributed by atoms with Gasteiger partial charge in [0, 0.05) is 18.6 Å². The smallest absolute Gasteiger partial charge is 0.324 e. The maximum atomic E-state index is 13.2. The molecule has 160 valence electrons. The van der Waals surface area contributed by atoms with Crippen LogP contribution < -0.4 is 10.6 Å². The van der Waals surface area contributed by atoms with Crippen LogP contribution >= 0.6 is 11.3 Å². The minimum atomic E-state index is -0.965. The van der Waals surface area contributed by atoms with Crippen LogP contribution in [0.1, 0.15) is 80.3 Å². The van der Waals surface area contributed by atoms with E-state index in [1.54, 1.807) is 0 Å². The van der Waals surface area contributed by atoms with Gasteiger partial charge in [-0.05, 0) is 25.7 Å². The Hall–Kier alpha value is -2.16. The maximum absolute atomic E-state index is 13.2. The van der Waals surface area contributed by atoms with Gasteiger partial charge in [-0.25, -0.2) is 9.78 Å². The van der Waals surface area contributed by atoms with Gasteiger partial charge in [0.05, 0.1) is 12.6 Å². The molecule has 9 heteroatoms. The van der Waals surface area contributed by atoms with Gasteiger partial charge in [0.2, 0.25) is 0 Å². The van der Waals surface area contributed by atoms with Crippen LogP contribution in [-0.2, 0) is 4.79 Å². The molecule has 0 atom stereocenters. The quantitative estimate of drug-likeness (QED) is 0.618. The number of thiazole rings is 1. The second-order valence-electron chi connectivity index (χ2n) is 7.85. The summed E-state index contributed by atoms with van der Waals surface area (Å²) in [6.07, 6.45) is 12.6. The van der Waals surface area contributed by atoms with E-state index in [2.05, 4.69) is 20.5 Å². The third-order valence-electron chi connectivity index (χ3n) is 5.74. The van der Waals surface area contributed by atoms with Crippen molar-refractivity contribution in [1.82, 2.24) is 15.2 Å². The summed E-state index contributed by atoms with van der Waals surface area (Å²) < 4.78 is 0. The SMILES string of the molecule is O=C(O)CCNC(=O)c1cnc(NC(=O)N(C2CCCCC2)C2CCCCC2)s1. The summed E-state index contributed by atoms with van der Waals surface area (Å²) in [6.45, 7) is 0.0604. The summed E-state index contributed by atoms with van der Waals surface area (Å²) in [7, 11) is 0. The molecule has 0 aromatic carbocycles. The monoisotopic (exact) mass is 422 g/mol. The molecule has 0 aliphatic heterocycles. The lowest BCUT2D eigenvalue weighted by molar-refractivity contribution is -0.136. The van der Waals surface area contributed by atoms with E-state index in [0.29, 0.717) is 10.0 Å². The predicted octanol–water partition coefficient (Wildman–Crippen LogP) is 3.85. The van der Waals surface area contributed by atoms with Gasteiger partial charge in [-0.2, -0.15) is 0 Å². The fraction of sp³-hybridized carbons (Fsp3) is 0.700. The number of aromatic nitrogens is 1. The molecule has 8 nitrogen and oxygen atoms in total. The number of hydrogen-bond donors (Lipinski definition) is 3. The van der Waals surface area contributed by atoms with Crippen molar-refractivity contribution in [1.29, 1.82) is 0 Å². The molecule has 3 amide bonds. The van der Waals surface area contributed by atoms with Gasteiger partial charge in [-0.15, -0.1) is 0 Å². The van der Waals surface area contributed by atoms with E-state index in [1.807, 2.05) is 0 Å². The van der Waals surface area contributed by atoms with E-state index >= 15 is 0 Å². The summed E-state index contributed by atoms with van der Waals surface area (Å²) in [5.74, 6) is -1.34. The maximum Gasteiger partial charge on any atom is 0.324 e. The third-order valence-corrected chi connectivity index (χ3v) is 6.65. The molecule has 0 unspecified atom stereocenters. The van der Waals surface area contributed by atoms with Gasteiger partial charge in [-0.3, -0.25) is 14.9 Å². The van der Waals surface area contributed by atoms with Gasteiger partial charge in [0.15, 0.2) is 5.13 Å². The van der Waals surface area contributed by atoms with E-state index in [0.717, 1.165) is 37.0 Å². The second-order valence-corrected chi connectivity index (χ2v) is 8.88. The molecular formula is C20H30N4O4S. The zero-order valence-electron chi connectivity index (χ0n) is 16.7. The average molecular weight is 423 g/mol. The highest BCUT2D eigenvalue weighted by Gasteiger charge is 2.32. The molecule has 2 aliphatic carbocycles. The predicted molar refractivity (Wildman–Crippen MR) is 111 cm³/mol. The Kier molecular flexibility index (Phi) is 7.85. The van der Waals surface area contributed by atoms with Crippen molar-refractivity contribution in [2.75, 3.05) is 11.9 Å². The molecular weight excluding hydrogens is 392 g/mol. The molecule has 0 bridgehead atoms. The summed E-state index contributed by atoms with van der Waals surface area (Å²) in [5.41, 5.74) is 0. The Morgan fingerprint density at radius 1 is 1.03 bits per heavy atom. The molecule has 2 saturated carbocycles. The molecule has 29 heavy (non-hydrogen) atoms. The number of amides is 3. The van der Waals surface area contributed by atoms with Crippen LogP contribution in [0, 0.1) is 0 Å². The van der Waals surface area contributed by atoms with E-state index in [-0.39, 0.29) is 37.0 Å². The van der Waals surface area contributed by atoms with Crippen molar-refractivity contribution in [2.24, 2.45) is 0 Å². The van der Waals surface area contributed by atoms with Crippen molar-refractivity contribution in [2.45, 2.75) is 82.7 Å². The molecule has 1 heterocycles. The van der Waals surface area contributed by atoms with Gasteiger partial charge in [-0.1, -0.05) is 49.9 Å². The van der Waals surface area contributed by atoms with Crippen LogP contribution in [0.5, 0.6) is 0 Å². The first kappa shape index (κ1) is 21.5. The first-order valence-electron chi connectivity index (χ1n) is 10.6. The number of carbonyl (C=O) groups excluding carboxylic acids is 2. The summed E-state index contributed by atoms with van der Waals surface area (Å²) in [6, 6.07) is 0.451. The van der Waals surface area contributed by atoms with Crippen molar-refractivity contribution >= 4 is 34.4 Å². The lowest BCUT2D eigenvalue weighted by Crippen LogP contribution is -2.50. The van der Waals surface area contributed by atoms with Gasteiger partial charge < -0.3 is 15.3 Å². The Bertz CT molecular complexity index is 693. The fourth-order valence-electron chi connectivity index (χ4n) is 4.31. The minimum Gasteiger partial charge on any atom is -0.481 e. The normalized spacial score (nSPS) is 18.2. The van der Waals surface area contributed by atoms with Crippen LogP contribution in [0.3, 0.4) is 0 Å². The van der Waals surface area contributed by atoms with E-state index < -0.39 is 5.97 Å². The molecule has 0 saturated heterocycles. The molecule has 1 aromatic heterocycles. The van der Waals surface area contributed by atoms with Gasteiger partial charge >= 0.3 is 12.0 Å². The molecule has 2 fully saturated rings. The summed E-state index contributed by atoms with van der Waals surface area (Å²) in [4.78, 5) is 42.4. The third kappa shape index (κ3) is 6.16. The number of carboxylic acid groups (broad SMARTS) is 1. The number of urea groups is 1. The van der Waals surface area contributed by atoms with Crippen molar-refractivity contribution < 1.29 is 19.5 Å². The van der Waals surface area contributed by atoms with Gasteiger partial charge in [0.1, 0.15) is 4.88 Å².